The number of para-hydroxylation sites is 1. The molecule has 1 aliphatic heterocycles. The number of phenolic OH excluding ortho intramolecular Hbond substituents is 1. The third-order valence-corrected chi connectivity index (χ3v) is 10.4. The lowest BCUT2D eigenvalue weighted by Crippen LogP contribution is -2.58. The summed E-state index contributed by atoms with van der Waals surface area (Å²) in [5.74, 6) is -1.41. The predicted octanol–water partition coefficient (Wildman–Crippen LogP) is 1.81. The Morgan fingerprint density at radius 1 is 1.02 bits per heavy atom. The van der Waals surface area contributed by atoms with E-state index in [-0.39, 0.29) is 63.3 Å². The summed E-state index contributed by atoms with van der Waals surface area (Å²) in [5, 5.41) is 43.2. The first-order valence-electron chi connectivity index (χ1n) is 19.0. The second-order valence-electron chi connectivity index (χ2n) is 15.0. The van der Waals surface area contributed by atoms with Gasteiger partial charge in [-0.3, -0.25) is 19.2 Å². The number of hydrogen-bond donors (Lipinski definition) is 8. The van der Waals surface area contributed by atoms with Crippen LogP contribution in [0.1, 0.15) is 38.4 Å². The summed E-state index contributed by atoms with van der Waals surface area (Å²) < 4.78 is 5.47. The number of aliphatic hydroxyl groups is 1. The number of nitrogens with two attached hydrogens (primary N) is 1. The van der Waals surface area contributed by atoms with Crippen LogP contribution < -0.4 is 32.3 Å². The number of anilines is 2. The first-order valence-corrected chi connectivity index (χ1v) is 19.8. The molecular formula is C40H52N10O7S. The van der Waals surface area contributed by atoms with Gasteiger partial charge in [0, 0.05) is 44.7 Å². The Labute approximate surface area is 341 Å². The number of nitrogens with zero attached hydrogens (tertiary/aromatic N) is 4. The quantitative estimate of drug-likeness (QED) is 0.0669. The smallest absolute Gasteiger partial charge is 0.246 e. The van der Waals surface area contributed by atoms with Crippen molar-refractivity contribution in [1.82, 2.24) is 41.3 Å². The molecule has 0 bridgehead atoms. The standard InChI is InChI=1S/C40H52N10O7S/c1-24-35(58-23-46-24)26-11-9-25(10-12-26)19-45-38(55)31-17-27(51)21-50(31)39(56)36(40(2,3)4)47-34(54)22-57-16-15-44-33(53)20-42-13-14-43-30-18-29(48-49-37(30)41)28-7-5-6-8-32(28)52/h5-12,18,23,27,31,36,42,51-52H,13-17,19-22H2,1-4H3,(H2,41,49)(H,43,48)(H,44,53)(H,45,55)(H,47,54)/t27-,31+,36-/m1/s1. The number of nitrogen functional groups attached to an aromatic ring is 1. The van der Waals surface area contributed by atoms with Crippen LogP contribution in [0.3, 0.4) is 0 Å². The SMILES string of the molecule is Cc1ncsc1-c1ccc(CNC(=O)[C@@H]2C[C@@H](O)CN2C(=O)[C@@H](NC(=O)COCCNC(=O)CNCCNc2cc(-c3ccccc3O)nnc2N)C(C)(C)C)cc1. The Kier molecular flexibility index (Phi) is 15.1. The van der Waals surface area contributed by atoms with Crippen LogP contribution in [0.5, 0.6) is 5.75 Å². The highest BCUT2D eigenvalue weighted by atomic mass is 32.1. The number of benzene rings is 2. The number of ether oxygens (including phenoxy) is 1. The number of thiazole rings is 1. The lowest BCUT2D eigenvalue weighted by atomic mass is 9.85. The van der Waals surface area contributed by atoms with E-state index in [9.17, 15) is 29.4 Å². The molecule has 0 aliphatic carbocycles. The van der Waals surface area contributed by atoms with Crippen LogP contribution >= 0.6 is 11.3 Å². The van der Waals surface area contributed by atoms with Crippen molar-refractivity contribution >= 4 is 46.5 Å². The van der Waals surface area contributed by atoms with E-state index in [0.717, 1.165) is 21.7 Å². The first-order chi connectivity index (χ1) is 27.7. The van der Waals surface area contributed by atoms with Gasteiger partial charge in [0.05, 0.1) is 46.7 Å². The van der Waals surface area contributed by atoms with E-state index in [2.05, 4.69) is 41.8 Å². The minimum absolute atomic E-state index is 0.0376. The maximum absolute atomic E-state index is 13.9. The fourth-order valence-corrected chi connectivity index (χ4v) is 7.14. The molecule has 18 heteroatoms. The third kappa shape index (κ3) is 11.9. The first kappa shape index (κ1) is 43.4. The van der Waals surface area contributed by atoms with E-state index in [0.29, 0.717) is 30.0 Å². The van der Waals surface area contributed by atoms with Gasteiger partial charge in [0.15, 0.2) is 5.82 Å². The van der Waals surface area contributed by atoms with Gasteiger partial charge in [-0.2, -0.15) is 0 Å². The maximum atomic E-state index is 13.9. The van der Waals surface area contributed by atoms with Gasteiger partial charge in [0.1, 0.15) is 24.4 Å². The van der Waals surface area contributed by atoms with Gasteiger partial charge in [-0.25, -0.2) is 4.98 Å². The van der Waals surface area contributed by atoms with Crippen LogP contribution in [0.25, 0.3) is 21.7 Å². The van der Waals surface area contributed by atoms with Gasteiger partial charge in [-0.05, 0) is 41.7 Å². The molecule has 0 radical (unpaired) electrons. The number of hydrogen-bond acceptors (Lipinski definition) is 14. The van der Waals surface area contributed by atoms with Crippen LogP contribution in [0, 0.1) is 12.3 Å². The van der Waals surface area contributed by atoms with E-state index < -0.39 is 41.3 Å². The largest absolute Gasteiger partial charge is 0.507 e. The second kappa shape index (κ2) is 20.1. The van der Waals surface area contributed by atoms with Gasteiger partial charge >= 0.3 is 0 Å². The van der Waals surface area contributed by atoms with Crippen molar-refractivity contribution < 1.29 is 34.1 Å². The second-order valence-corrected chi connectivity index (χ2v) is 15.9. The minimum atomic E-state index is -1.00. The van der Waals surface area contributed by atoms with Crippen molar-refractivity contribution in [3.05, 3.63) is 71.4 Å². The van der Waals surface area contributed by atoms with Crippen molar-refractivity contribution in [2.24, 2.45) is 5.41 Å². The van der Waals surface area contributed by atoms with Crippen LogP contribution in [0.2, 0.25) is 0 Å². The zero-order valence-corrected chi connectivity index (χ0v) is 33.9. The van der Waals surface area contributed by atoms with Crippen molar-refractivity contribution in [1.29, 1.82) is 0 Å². The summed E-state index contributed by atoms with van der Waals surface area (Å²) in [5.41, 5.74) is 11.4. The number of β-amino-alcohol motifs (C(OH)–C–C–N with tert-alkyl or cyclic N) is 1. The average molecular weight is 817 g/mol. The van der Waals surface area contributed by atoms with Crippen LogP contribution in [-0.2, 0) is 30.5 Å². The Balaban J connectivity index is 0.999. The summed E-state index contributed by atoms with van der Waals surface area (Å²) in [4.78, 5) is 59.2. The highest BCUT2D eigenvalue weighted by molar-refractivity contribution is 7.13. The molecule has 4 amide bonds. The number of aliphatic hydroxyl groups excluding tert-OH is 1. The van der Waals surface area contributed by atoms with Gasteiger partial charge in [0.2, 0.25) is 23.6 Å². The molecule has 3 atom stereocenters. The van der Waals surface area contributed by atoms with Crippen LogP contribution in [-0.4, -0.2) is 118 Å². The predicted molar refractivity (Wildman–Crippen MR) is 220 cm³/mol. The van der Waals surface area contributed by atoms with Gasteiger partial charge in [0.25, 0.3) is 0 Å². The summed E-state index contributed by atoms with van der Waals surface area (Å²) in [6.07, 6.45) is -0.813. The monoisotopic (exact) mass is 816 g/mol. The summed E-state index contributed by atoms with van der Waals surface area (Å²) in [6.45, 7) is 8.30. The number of carbonyl (C=O) groups is 4. The molecule has 1 aliphatic rings. The molecule has 0 saturated carbocycles. The number of aryl methyl sites for hydroxylation is 1. The van der Waals surface area contributed by atoms with E-state index in [1.54, 1.807) is 68.0 Å². The highest BCUT2D eigenvalue weighted by Gasteiger charge is 2.44. The van der Waals surface area contributed by atoms with Crippen LogP contribution in [0.4, 0.5) is 11.5 Å². The number of aromatic hydroxyl groups is 1. The highest BCUT2D eigenvalue weighted by Crippen LogP contribution is 2.30. The van der Waals surface area contributed by atoms with Crippen molar-refractivity contribution in [2.45, 2.75) is 58.8 Å². The van der Waals surface area contributed by atoms with Crippen molar-refractivity contribution in [3.63, 3.8) is 0 Å². The molecule has 0 spiro atoms. The Morgan fingerprint density at radius 3 is 2.48 bits per heavy atom. The molecular weight excluding hydrogens is 765 g/mol. The Bertz CT molecular complexity index is 2040. The van der Waals surface area contributed by atoms with Gasteiger partial charge < -0.3 is 52.2 Å². The molecule has 5 rings (SSSR count). The zero-order valence-electron chi connectivity index (χ0n) is 33.1. The number of likely N-dealkylation sites (tertiary alicyclic amines) is 1. The molecule has 1 saturated heterocycles. The lowest BCUT2D eigenvalue weighted by molar-refractivity contribution is -0.144. The molecule has 17 nitrogen and oxygen atoms in total. The van der Waals surface area contributed by atoms with E-state index >= 15 is 0 Å². The van der Waals surface area contributed by atoms with Crippen molar-refractivity contribution in [2.75, 3.05) is 57.0 Å². The van der Waals surface area contributed by atoms with Gasteiger partial charge in [-0.1, -0.05) is 57.2 Å². The normalized spacial score (nSPS) is 15.8. The number of phenols is 1. The number of amides is 4. The average Bonchev–Trinajstić information content (AvgIpc) is 3.81. The molecule has 4 aromatic rings. The zero-order chi connectivity index (χ0) is 41.8. The topological polar surface area (TPSA) is 246 Å². The number of rotatable bonds is 18. The van der Waals surface area contributed by atoms with Crippen LogP contribution in [0.15, 0.2) is 60.1 Å². The summed E-state index contributed by atoms with van der Waals surface area (Å²) in [6, 6.07) is 14.4. The maximum Gasteiger partial charge on any atom is 0.246 e. The molecule has 1 fully saturated rings. The number of aromatic nitrogens is 3. The fourth-order valence-electron chi connectivity index (χ4n) is 6.33. The number of carbonyl (C=O) groups excluding carboxylic acids is 4. The van der Waals surface area contributed by atoms with E-state index in [1.807, 2.05) is 31.2 Å². The molecule has 2 aromatic heterocycles. The third-order valence-electron chi connectivity index (χ3n) is 9.42. The Hall–Kier alpha value is -5.69. The summed E-state index contributed by atoms with van der Waals surface area (Å²) >= 11 is 1.56. The molecule has 0 unspecified atom stereocenters. The molecule has 2 aromatic carbocycles. The fraction of sp³-hybridized carbons (Fsp3) is 0.425. The van der Waals surface area contributed by atoms with E-state index in [1.165, 1.54) is 4.90 Å². The number of nitrogens with one attached hydrogen (secondary N) is 5. The lowest BCUT2D eigenvalue weighted by Gasteiger charge is -2.35. The Morgan fingerprint density at radius 2 is 1.78 bits per heavy atom. The molecule has 9 N–H and O–H groups in total. The molecule has 3 heterocycles. The molecule has 58 heavy (non-hydrogen) atoms. The minimum Gasteiger partial charge on any atom is -0.507 e. The molecule has 310 valence electrons. The van der Waals surface area contributed by atoms with Crippen molar-refractivity contribution in [3.8, 4) is 27.4 Å². The summed E-state index contributed by atoms with van der Waals surface area (Å²) in [7, 11) is 0. The van der Waals surface area contributed by atoms with E-state index in [4.69, 9.17) is 10.5 Å². The van der Waals surface area contributed by atoms with Gasteiger partial charge in [-0.15, -0.1) is 21.5 Å².